The van der Waals surface area contributed by atoms with E-state index in [0.29, 0.717) is 0 Å². The summed E-state index contributed by atoms with van der Waals surface area (Å²) in [6, 6.07) is 10.3. The molecule has 1 aromatic heterocycles. The maximum atomic E-state index is 9.96. The van der Waals surface area contributed by atoms with Gasteiger partial charge in [0, 0.05) is 32.0 Å². The number of rotatable bonds is 3. The number of hydrogen-bond donors (Lipinski definition) is 1. The largest absolute Gasteiger partial charge is 0.389 e. The summed E-state index contributed by atoms with van der Waals surface area (Å²) in [7, 11) is 0. The molecule has 0 bridgehead atoms. The second-order valence-corrected chi connectivity index (χ2v) is 5.57. The van der Waals surface area contributed by atoms with Gasteiger partial charge in [-0.3, -0.25) is 4.90 Å². The van der Waals surface area contributed by atoms with E-state index in [0.717, 1.165) is 31.7 Å². The molecule has 1 aliphatic heterocycles. The van der Waals surface area contributed by atoms with Crippen LogP contribution in [0.25, 0.3) is 5.69 Å². The summed E-state index contributed by atoms with van der Waals surface area (Å²) < 4.78 is 1.85. The molecule has 2 aromatic rings. The van der Waals surface area contributed by atoms with Gasteiger partial charge in [-0.25, -0.2) is 4.68 Å². The zero-order valence-corrected chi connectivity index (χ0v) is 11.2. The summed E-state index contributed by atoms with van der Waals surface area (Å²) in [5.74, 6) is 0. The zero-order chi connectivity index (χ0) is 13.3. The van der Waals surface area contributed by atoms with Crippen molar-refractivity contribution >= 4 is 0 Å². The van der Waals surface area contributed by atoms with Crippen molar-refractivity contribution in [3.63, 3.8) is 0 Å². The van der Waals surface area contributed by atoms with Crippen LogP contribution in [0.4, 0.5) is 0 Å². The van der Waals surface area contributed by atoms with Gasteiger partial charge in [-0.15, -0.1) is 0 Å². The molecule has 0 amide bonds. The lowest BCUT2D eigenvalue weighted by Crippen LogP contribution is -2.29. The lowest BCUT2D eigenvalue weighted by atomic mass is 10.1. The van der Waals surface area contributed by atoms with Gasteiger partial charge in [-0.05, 0) is 37.1 Å². The lowest BCUT2D eigenvalue weighted by Gasteiger charge is -2.18. The quantitative estimate of drug-likeness (QED) is 0.912. The lowest BCUT2D eigenvalue weighted by molar-refractivity contribution is 0.0679. The van der Waals surface area contributed by atoms with Gasteiger partial charge in [0.05, 0.1) is 11.3 Å². The third-order valence-electron chi connectivity index (χ3n) is 3.64. The average molecular weight is 257 g/mol. The average Bonchev–Trinajstić information content (AvgIpc) is 3.00. The van der Waals surface area contributed by atoms with Crippen LogP contribution >= 0.6 is 0 Å². The molecule has 1 fully saturated rings. The van der Waals surface area contributed by atoms with Crippen molar-refractivity contribution in [2.45, 2.75) is 25.5 Å². The van der Waals surface area contributed by atoms with Gasteiger partial charge in [0.15, 0.2) is 0 Å². The summed E-state index contributed by atoms with van der Waals surface area (Å²) in [6.07, 6.45) is 4.57. The molecule has 0 aliphatic carbocycles. The van der Waals surface area contributed by atoms with E-state index < -0.39 is 5.60 Å². The van der Waals surface area contributed by atoms with E-state index in [4.69, 9.17) is 0 Å². The van der Waals surface area contributed by atoms with Crippen molar-refractivity contribution in [1.82, 2.24) is 14.7 Å². The van der Waals surface area contributed by atoms with Gasteiger partial charge in [0.25, 0.3) is 0 Å². The van der Waals surface area contributed by atoms with E-state index in [1.165, 1.54) is 5.56 Å². The van der Waals surface area contributed by atoms with Gasteiger partial charge < -0.3 is 5.11 Å². The first-order valence-corrected chi connectivity index (χ1v) is 6.66. The van der Waals surface area contributed by atoms with Crippen molar-refractivity contribution < 1.29 is 5.11 Å². The Morgan fingerprint density at radius 3 is 2.68 bits per heavy atom. The maximum absolute atomic E-state index is 9.96. The minimum Gasteiger partial charge on any atom is -0.389 e. The number of hydrogen-bond acceptors (Lipinski definition) is 3. The Bertz CT molecular complexity index is 531. The van der Waals surface area contributed by atoms with E-state index in [9.17, 15) is 5.11 Å². The smallest absolute Gasteiger partial charge is 0.0758 e. The molecule has 1 aromatic carbocycles. The SMILES string of the molecule is CC1(O)CCN(Cc2ccc(-n3cccn3)cc2)C1. The van der Waals surface area contributed by atoms with Gasteiger partial charge >= 0.3 is 0 Å². The first-order valence-electron chi connectivity index (χ1n) is 6.66. The molecule has 4 nitrogen and oxygen atoms in total. The van der Waals surface area contributed by atoms with Crippen LogP contribution < -0.4 is 0 Å². The van der Waals surface area contributed by atoms with E-state index >= 15 is 0 Å². The molecule has 0 saturated carbocycles. The van der Waals surface area contributed by atoms with E-state index in [1.807, 2.05) is 23.9 Å². The van der Waals surface area contributed by atoms with Crippen LogP contribution in [0.5, 0.6) is 0 Å². The number of β-amino-alcohol motifs (C(OH)–C–C–N with tert-alkyl or cyclic N) is 1. The fourth-order valence-electron chi connectivity index (χ4n) is 2.61. The standard InChI is InChI=1S/C15H19N3O/c1-15(19)7-10-17(12-15)11-13-3-5-14(6-4-13)18-9-2-8-16-18/h2-6,8-9,19H,7,10-12H2,1H3. The molecule has 0 radical (unpaired) electrons. The van der Waals surface area contributed by atoms with Crippen molar-refractivity contribution in [2.75, 3.05) is 13.1 Å². The predicted octanol–water partition coefficient (Wildman–Crippen LogP) is 1.83. The fraction of sp³-hybridized carbons (Fsp3) is 0.400. The second-order valence-electron chi connectivity index (χ2n) is 5.57. The number of aromatic nitrogens is 2. The summed E-state index contributed by atoms with van der Waals surface area (Å²) >= 11 is 0. The van der Waals surface area contributed by atoms with Crippen LogP contribution in [0.15, 0.2) is 42.7 Å². The van der Waals surface area contributed by atoms with Crippen LogP contribution in [0.1, 0.15) is 18.9 Å². The first kappa shape index (κ1) is 12.4. The highest BCUT2D eigenvalue weighted by molar-refractivity contribution is 5.33. The molecular weight excluding hydrogens is 238 g/mol. The molecule has 100 valence electrons. The van der Waals surface area contributed by atoms with Crippen molar-refractivity contribution in [3.05, 3.63) is 48.3 Å². The Morgan fingerprint density at radius 1 is 1.32 bits per heavy atom. The van der Waals surface area contributed by atoms with Crippen molar-refractivity contribution in [2.24, 2.45) is 0 Å². The Morgan fingerprint density at radius 2 is 2.11 bits per heavy atom. The summed E-state index contributed by atoms with van der Waals surface area (Å²) in [6.45, 7) is 4.53. The molecule has 1 atom stereocenters. The molecule has 1 N–H and O–H groups in total. The first-order chi connectivity index (χ1) is 9.12. The molecule has 1 saturated heterocycles. The Kier molecular flexibility index (Phi) is 3.12. The Balaban J connectivity index is 1.67. The topological polar surface area (TPSA) is 41.3 Å². The van der Waals surface area contributed by atoms with Crippen LogP contribution in [0.2, 0.25) is 0 Å². The monoisotopic (exact) mass is 257 g/mol. The molecule has 4 heteroatoms. The summed E-state index contributed by atoms with van der Waals surface area (Å²) in [4.78, 5) is 2.29. The molecule has 1 unspecified atom stereocenters. The second kappa shape index (κ2) is 4.79. The Labute approximate surface area is 113 Å². The number of nitrogens with zero attached hydrogens (tertiary/aromatic N) is 3. The highest BCUT2D eigenvalue weighted by Gasteiger charge is 2.30. The van der Waals surface area contributed by atoms with Crippen molar-refractivity contribution in [1.29, 1.82) is 0 Å². The minimum atomic E-state index is -0.519. The third kappa shape index (κ3) is 2.85. The summed E-state index contributed by atoms with van der Waals surface area (Å²) in [5.41, 5.74) is 1.82. The number of benzene rings is 1. The third-order valence-corrected chi connectivity index (χ3v) is 3.64. The number of aliphatic hydroxyl groups is 1. The van der Waals surface area contributed by atoms with Crippen LogP contribution in [-0.4, -0.2) is 38.5 Å². The van der Waals surface area contributed by atoms with Gasteiger partial charge in [-0.2, -0.15) is 5.10 Å². The van der Waals surface area contributed by atoms with E-state index in [2.05, 4.69) is 34.3 Å². The minimum absolute atomic E-state index is 0.519. The van der Waals surface area contributed by atoms with E-state index in [-0.39, 0.29) is 0 Å². The van der Waals surface area contributed by atoms with Gasteiger partial charge in [-0.1, -0.05) is 12.1 Å². The maximum Gasteiger partial charge on any atom is 0.0758 e. The zero-order valence-electron chi connectivity index (χ0n) is 11.2. The number of likely N-dealkylation sites (tertiary alicyclic amines) is 1. The highest BCUT2D eigenvalue weighted by Crippen LogP contribution is 2.22. The van der Waals surface area contributed by atoms with Gasteiger partial charge in [0.2, 0.25) is 0 Å². The van der Waals surface area contributed by atoms with Crippen LogP contribution in [0, 0.1) is 0 Å². The normalized spacial score (nSPS) is 23.9. The molecule has 0 spiro atoms. The summed E-state index contributed by atoms with van der Waals surface area (Å²) in [5, 5.41) is 14.2. The van der Waals surface area contributed by atoms with E-state index in [1.54, 1.807) is 6.20 Å². The van der Waals surface area contributed by atoms with Gasteiger partial charge in [0.1, 0.15) is 0 Å². The molecular formula is C15H19N3O. The van der Waals surface area contributed by atoms with Crippen molar-refractivity contribution in [3.8, 4) is 5.69 Å². The fourth-order valence-corrected chi connectivity index (χ4v) is 2.61. The van der Waals surface area contributed by atoms with Crippen LogP contribution in [0.3, 0.4) is 0 Å². The van der Waals surface area contributed by atoms with Crippen LogP contribution in [-0.2, 0) is 6.54 Å². The molecule has 1 aliphatic rings. The molecule has 3 rings (SSSR count). The molecule has 19 heavy (non-hydrogen) atoms. The highest BCUT2D eigenvalue weighted by atomic mass is 16.3. The Hall–Kier alpha value is -1.65. The molecule has 2 heterocycles. The predicted molar refractivity (Wildman–Crippen MR) is 74.1 cm³/mol.